The molecule has 130 valence electrons. The predicted octanol–water partition coefficient (Wildman–Crippen LogP) is 4.34. The van der Waals surface area contributed by atoms with Crippen LogP contribution in [0, 0.1) is 0 Å². The second-order valence-electron chi connectivity index (χ2n) is 5.73. The van der Waals surface area contributed by atoms with Crippen LogP contribution < -0.4 is 10.6 Å². The first kappa shape index (κ1) is 17.6. The highest BCUT2D eigenvalue weighted by atomic mass is 32.1. The van der Waals surface area contributed by atoms with Crippen LogP contribution >= 0.6 is 22.7 Å². The molecule has 0 fully saturated rings. The lowest BCUT2D eigenvalue weighted by atomic mass is 10.1. The highest BCUT2D eigenvalue weighted by molar-refractivity contribution is 7.13. The van der Waals surface area contributed by atoms with E-state index >= 15 is 0 Å². The number of hydrogen-bond donors (Lipinski definition) is 2. The lowest BCUT2D eigenvalue weighted by molar-refractivity contribution is 0.706. The van der Waals surface area contributed by atoms with Crippen LogP contribution in [0.25, 0.3) is 10.6 Å². The van der Waals surface area contributed by atoms with Crippen molar-refractivity contribution in [3.63, 3.8) is 0 Å². The second-order valence-corrected chi connectivity index (χ2v) is 7.57. The monoisotopic (exact) mass is 370 g/mol. The topological polar surface area (TPSA) is 49.3 Å². The minimum Gasteiger partial charge on any atom is -0.356 e. The Morgan fingerprint density at radius 2 is 1.96 bits per heavy atom. The summed E-state index contributed by atoms with van der Waals surface area (Å²) in [5.41, 5.74) is 2.18. The van der Waals surface area contributed by atoms with Gasteiger partial charge in [-0.25, -0.2) is 4.98 Å². The summed E-state index contributed by atoms with van der Waals surface area (Å²) >= 11 is 3.46. The third-order valence-corrected chi connectivity index (χ3v) is 5.88. The molecule has 0 saturated heterocycles. The summed E-state index contributed by atoms with van der Waals surface area (Å²) in [6, 6.07) is 14.5. The fourth-order valence-electron chi connectivity index (χ4n) is 2.42. The minimum absolute atomic E-state index is 0.461. The first-order valence-corrected chi connectivity index (χ1v) is 10.00. The first-order valence-electron chi connectivity index (χ1n) is 8.24. The van der Waals surface area contributed by atoms with E-state index in [1.165, 1.54) is 4.88 Å². The lowest BCUT2D eigenvalue weighted by Gasteiger charge is -2.14. The zero-order valence-corrected chi connectivity index (χ0v) is 16.0. The molecule has 0 aliphatic carbocycles. The predicted molar refractivity (Wildman–Crippen MR) is 108 cm³/mol. The molecule has 3 rings (SSSR count). The maximum absolute atomic E-state index is 4.70. The standard InChI is InChI=1S/C19H22N4S2/c1-14(17-9-6-10-24-17)11-21-19(20-2)22-12-16-13-25-18(23-16)15-7-4-3-5-8-15/h3-10,13-14H,11-12H2,1-2H3,(H2,20,21,22). The summed E-state index contributed by atoms with van der Waals surface area (Å²) in [5, 5.41) is 12.0. The van der Waals surface area contributed by atoms with Gasteiger partial charge < -0.3 is 10.6 Å². The van der Waals surface area contributed by atoms with Crippen molar-refractivity contribution in [2.24, 2.45) is 4.99 Å². The van der Waals surface area contributed by atoms with E-state index in [1.807, 2.05) is 18.2 Å². The third-order valence-electron chi connectivity index (χ3n) is 3.84. The number of guanidine groups is 1. The minimum atomic E-state index is 0.461. The van der Waals surface area contributed by atoms with Crippen LogP contribution in [0.5, 0.6) is 0 Å². The summed E-state index contributed by atoms with van der Waals surface area (Å²) in [4.78, 5) is 10.4. The van der Waals surface area contributed by atoms with Crippen molar-refractivity contribution in [1.29, 1.82) is 0 Å². The summed E-state index contributed by atoms with van der Waals surface area (Å²) in [7, 11) is 1.79. The fourth-order valence-corrected chi connectivity index (χ4v) is 4.03. The number of benzene rings is 1. The van der Waals surface area contributed by atoms with Crippen LogP contribution in [-0.2, 0) is 6.54 Å². The van der Waals surface area contributed by atoms with Gasteiger partial charge in [-0.3, -0.25) is 4.99 Å². The Kier molecular flexibility index (Phi) is 6.19. The fraction of sp³-hybridized carbons (Fsp3) is 0.263. The summed E-state index contributed by atoms with van der Waals surface area (Å²) < 4.78 is 0. The number of hydrogen-bond acceptors (Lipinski definition) is 4. The van der Waals surface area contributed by atoms with E-state index in [0.717, 1.165) is 28.8 Å². The molecule has 0 aliphatic rings. The highest BCUT2D eigenvalue weighted by Gasteiger charge is 2.08. The van der Waals surface area contributed by atoms with Gasteiger partial charge in [0.1, 0.15) is 5.01 Å². The largest absolute Gasteiger partial charge is 0.356 e. The summed E-state index contributed by atoms with van der Waals surface area (Å²) in [5.74, 6) is 1.26. The molecular weight excluding hydrogens is 348 g/mol. The van der Waals surface area contributed by atoms with E-state index in [-0.39, 0.29) is 0 Å². The van der Waals surface area contributed by atoms with Gasteiger partial charge in [0.15, 0.2) is 5.96 Å². The molecule has 4 nitrogen and oxygen atoms in total. The first-order chi connectivity index (χ1) is 12.3. The number of aromatic nitrogens is 1. The Hall–Kier alpha value is -2.18. The van der Waals surface area contributed by atoms with Crippen molar-refractivity contribution in [3.05, 3.63) is 63.8 Å². The lowest BCUT2D eigenvalue weighted by Crippen LogP contribution is -2.38. The van der Waals surface area contributed by atoms with Crippen LogP contribution in [0.4, 0.5) is 0 Å². The molecule has 0 amide bonds. The van der Waals surface area contributed by atoms with Gasteiger partial charge in [0.25, 0.3) is 0 Å². The third kappa shape index (κ3) is 4.90. The number of nitrogens with one attached hydrogen (secondary N) is 2. The normalized spacial score (nSPS) is 12.8. The maximum Gasteiger partial charge on any atom is 0.191 e. The SMILES string of the molecule is CN=C(NCc1csc(-c2ccccc2)n1)NCC(C)c1cccs1. The van der Waals surface area contributed by atoms with Gasteiger partial charge in [-0.05, 0) is 11.4 Å². The van der Waals surface area contributed by atoms with Crippen molar-refractivity contribution in [2.75, 3.05) is 13.6 Å². The molecule has 6 heteroatoms. The number of thiazole rings is 1. The van der Waals surface area contributed by atoms with E-state index in [9.17, 15) is 0 Å². The molecule has 25 heavy (non-hydrogen) atoms. The molecule has 0 bridgehead atoms. The molecule has 0 saturated carbocycles. The van der Waals surface area contributed by atoms with E-state index in [1.54, 1.807) is 29.7 Å². The quantitative estimate of drug-likeness (QED) is 0.501. The van der Waals surface area contributed by atoms with Crippen molar-refractivity contribution in [1.82, 2.24) is 15.6 Å². The molecule has 1 atom stereocenters. The molecule has 1 unspecified atom stereocenters. The molecule has 0 radical (unpaired) electrons. The summed E-state index contributed by atoms with van der Waals surface area (Å²) in [6.45, 7) is 3.74. The van der Waals surface area contributed by atoms with Crippen LogP contribution in [0.2, 0.25) is 0 Å². The Morgan fingerprint density at radius 3 is 2.68 bits per heavy atom. The van der Waals surface area contributed by atoms with Gasteiger partial charge in [-0.2, -0.15) is 0 Å². The molecule has 0 spiro atoms. The van der Waals surface area contributed by atoms with Crippen molar-refractivity contribution >= 4 is 28.6 Å². The van der Waals surface area contributed by atoms with Gasteiger partial charge in [-0.15, -0.1) is 22.7 Å². The molecule has 2 heterocycles. The van der Waals surface area contributed by atoms with Crippen LogP contribution in [-0.4, -0.2) is 24.5 Å². The second kappa shape index (κ2) is 8.78. The number of aliphatic imine (C=N–C) groups is 1. The van der Waals surface area contributed by atoms with E-state index in [0.29, 0.717) is 12.5 Å². The van der Waals surface area contributed by atoms with E-state index in [2.05, 4.69) is 57.6 Å². The molecule has 1 aromatic carbocycles. The van der Waals surface area contributed by atoms with E-state index in [4.69, 9.17) is 4.98 Å². The summed E-state index contributed by atoms with van der Waals surface area (Å²) in [6.07, 6.45) is 0. The maximum atomic E-state index is 4.70. The Labute approximate surface area is 156 Å². The van der Waals surface area contributed by atoms with Crippen molar-refractivity contribution in [3.8, 4) is 10.6 Å². The van der Waals surface area contributed by atoms with Crippen LogP contribution in [0.1, 0.15) is 23.4 Å². The average Bonchev–Trinajstić information content (AvgIpc) is 3.34. The van der Waals surface area contributed by atoms with Crippen molar-refractivity contribution in [2.45, 2.75) is 19.4 Å². The van der Waals surface area contributed by atoms with E-state index < -0.39 is 0 Å². The number of thiophene rings is 1. The molecule has 0 aliphatic heterocycles. The van der Waals surface area contributed by atoms with Gasteiger partial charge in [0.2, 0.25) is 0 Å². The molecule has 3 aromatic rings. The van der Waals surface area contributed by atoms with Crippen LogP contribution in [0.15, 0.2) is 58.2 Å². The van der Waals surface area contributed by atoms with Crippen LogP contribution in [0.3, 0.4) is 0 Å². The molecular formula is C19H22N4S2. The Bertz CT molecular complexity index is 794. The van der Waals surface area contributed by atoms with Gasteiger partial charge in [0, 0.05) is 35.3 Å². The average molecular weight is 371 g/mol. The smallest absolute Gasteiger partial charge is 0.191 e. The Morgan fingerprint density at radius 1 is 1.12 bits per heavy atom. The Balaban J connectivity index is 1.51. The van der Waals surface area contributed by atoms with Gasteiger partial charge in [0.05, 0.1) is 12.2 Å². The zero-order chi connectivity index (χ0) is 17.5. The molecule has 2 aromatic heterocycles. The van der Waals surface area contributed by atoms with Crippen molar-refractivity contribution < 1.29 is 0 Å². The van der Waals surface area contributed by atoms with Gasteiger partial charge in [-0.1, -0.05) is 43.3 Å². The molecule has 2 N–H and O–H groups in total. The number of nitrogens with zero attached hydrogens (tertiary/aromatic N) is 2. The highest BCUT2D eigenvalue weighted by Crippen LogP contribution is 2.23. The van der Waals surface area contributed by atoms with Gasteiger partial charge >= 0.3 is 0 Å². The number of rotatable bonds is 6. The zero-order valence-electron chi connectivity index (χ0n) is 14.4.